The lowest BCUT2D eigenvalue weighted by atomic mass is 9.42. The molecule has 188 valence electrons. The molecule has 0 aromatic rings. The van der Waals surface area contributed by atoms with Crippen molar-refractivity contribution < 1.29 is 34.3 Å². The highest BCUT2D eigenvalue weighted by atomic mass is 16.5. The van der Waals surface area contributed by atoms with Gasteiger partial charge in [0.2, 0.25) is 0 Å². The van der Waals surface area contributed by atoms with Crippen molar-refractivity contribution in [2.45, 2.75) is 74.3 Å². The molecule has 8 heteroatoms. The third-order valence-electron chi connectivity index (χ3n) is 11.6. The number of nitrogens with zero attached hydrogens (tertiary/aromatic N) is 1. The molecule has 0 radical (unpaired) electrons. The summed E-state index contributed by atoms with van der Waals surface area (Å²) in [6.45, 7) is 3.59. The van der Waals surface area contributed by atoms with Crippen LogP contribution in [0.15, 0.2) is 0 Å². The summed E-state index contributed by atoms with van der Waals surface area (Å²) in [5.41, 5.74) is -3.78. The zero-order valence-corrected chi connectivity index (χ0v) is 20.6. The van der Waals surface area contributed by atoms with Gasteiger partial charge in [0.25, 0.3) is 0 Å². The minimum Gasteiger partial charge on any atom is -0.396 e. The van der Waals surface area contributed by atoms with Gasteiger partial charge in [-0.25, -0.2) is 0 Å². The fourth-order valence-electron chi connectivity index (χ4n) is 11.0. The lowest BCUT2D eigenvalue weighted by Crippen LogP contribution is -2.82. The summed E-state index contributed by atoms with van der Waals surface area (Å²) in [7, 11) is 6.85. The van der Waals surface area contributed by atoms with E-state index in [4.69, 9.17) is 18.9 Å². The molecular weight excluding hydrogens is 426 g/mol. The van der Waals surface area contributed by atoms with Gasteiger partial charge in [-0.15, -0.1) is 0 Å². The molecule has 13 atom stereocenters. The van der Waals surface area contributed by atoms with E-state index < -0.39 is 28.1 Å². The molecule has 0 unspecified atom stereocenters. The summed E-state index contributed by atoms with van der Waals surface area (Å²) < 4.78 is 24.5. The first-order chi connectivity index (χ1) is 15.8. The highest BCUT2D eigenvalue weighted by Gasteiger charge is 2.91. The summed E-state index contributed by atoms with van der Waals surface area (Å²) in [4.78, 5) is 2.33. The Labute approximate surface area is 196 Å². The van der Waals surface area contributed by atoms with Crippen molar-refractivity contribution in [3.63, 3.8) is 0 Å². The molecule has 1 spiro atoms. The smallest absolute Gasteiger partial charge is 0.136 e. The van der Waals surface area contributed by atoms with E-state index in [1.807, 2.05) is 0 Å². The molecule has 1 saturated heterocycles. The van der Waals surface area contributed by atoms with E-state index in [2.05, 4.69) is 11.8 Å². The lowest BCUT2D eigenvalue weighted by molar-refractivity contribution is -0.320. The van der Waals surface area contributed by atoms with Gasteiger partial charge in [-0.2, -0.15) is 0 Å². The van der Waals surface area contributed by atoms with Crippen LogP contribution in [0.2, 0.25) is 0 Å². The van der Waals surface area contributed by atoms with E-state index in [9.17, 15) is 15.3 Å². The number of likely N-dealkylation sites (N-methyl/N-ethyl adjacent to an activating group) is 1. The third-order valence-corrected chi connectivity index (χ3v) is 11.6. The standard InChI is InChI=1S/C25H41NO7/c1-6-26-11-22(12-27)8-7-16(31-3)24-14-9-13-15(30-2)10-23(28,17(14)18(13)32-4)25(29,21(24)26)20(33-5)19(22)24/h13-21,27-29H,6-12H2,1-5H3/t13-,14+,15+,16+,17-,18+,19+,20+,21-,22+,23-,24+,25-/m1/s1. The van der Waals surface area contributed by atoms with E-state index in [-0.39, 0.29) is 54.6 Å². The van der Waals surface area contributed by atoms with E-state index in [1.165, 1.54) is 0 Å². The van der Waals surface area contributed by atoms with E-state index in [1.54, 1.807) is 28.4 Å². The highest BCUT2D eigenvalue weighted by Crippen LogP contribution is 2.80. The molecule has 1 heterocycles. The van der Waals surface area contributed by atoms with Crippen LogP contribution in [-0.2, 0) is 18.9 Å². The molecule has 33 heavy (non-hydrogen) atoms. The molecule has 0 aromatic heterocycles. The van der Waals surface area contributed by atoms with Crippen molar-refractivity contribution in [2.75, 3.05) is 48.1 Å². The van der Waals surface area contributed by atoms with Crippen LogP contribution in [0.3, 0.4) is 0 Å². The van der Waals surface area contributed by atoms with Gasteiger partial charge in [0, 0.05) is 70.0 Å². The molecule has 5 saturated carbocycles. The number of hydrogen-bond acceptors (Lipinski definition) is 8. The molecule has 0 aromatic carbocycles. The average Bonchev–Trinajstić information content (AvgIpc) is 3.24. The Hall–Kier alpha value is -0.320. The normalized spacial score (nSPS) is 60.9. The molecule has 1 aliphatic heterocycles. The van der Waals surface area contributed by atoms with Crippen LogP contribution in [0, 0.1) is 34.5 Å². The molecule has 8 nitrogen and oxygen atoms in total. The number of aliphatic hydroxyl groups is 3. The van der Waals surface area contributed by atoms with Gasteiger partial charge in [-0.3, -0.25) is 4.90 Å². The number of aliphatic hydroxyl groups excluding tert-OH is 1. The Morgan fingerprint density at radius 2 is 1.79 bits per heavy atom. The maximum absolute atomic E-state index is 13.0. The number of rotatable bonds is 6. The Balaban J connectivity index is 1.68. The maximum atomic E-state index is 13.0. The van der Waals surface area contributed by atoms with Gasteiger partial charge in [0.15, 0.2) is 0 Å². The van der Waals surface area contributed by atoms with E-state index >= 15 is 0 Å². The summed E-state index contributed by atoms with van der Waals surface area (Å²) in [6, 6.07) is -0.312. The van der Waals surface area contributed by atoms with Crippen LogP contribution in [-0.4, -0.2) is 110 Å². The number of methoxy groups -OCH3 is 4. The predicted octanol–water partition coefficient (Wildman–Crippen LogP) is 0.271. The van der Waals surface area contributed by atoms with Crippen LogP contribution in [0.5, 0.6) is 0 Å². The molecule has 7 bridgehead atoms. The largest absolute Gasteiger partial charge is 0.396 e. The Bertz CT molecular complexity index is 814. The first kappa shape index (κ1) is 23.1. The Kier molecular flexibility index (Phi) is 4.99. The zero-order valence-electron chi connectivity index (χ0n) is 20.6. The van der Waals surface area contributed by atoms with Gasteiger partial charge in [-0.1, -0.05) is 6.92 Å². The summed E-state index contributed by atoms with van der Waals surface area (Å²) in [5.74, 6) is -0.0916. The van der Waals surface area contributed by atoms with Crippen LogP contribution in [0.25, 0.3) is 0 Å². The van der Waals surface area contributed by atoms with Gasteiger partial charge in [0.1, 0.15) is 11.2 Å². The second kappa shape index (κ2) is 7.13. The quantitative estimate of drug-likeness (QED) is 0.512. The minimum atomic E-state index is -1.52. The molecular formula is C25H41NO7. The topological polar surface area (TPSA) is 101 Å². The fraction of sp³-hybridized carbons (Fsp3) is 1.00. The minimum absolute atomic E-state index is 0.0443. The summed E-state index contributed by atoms with van der Waals surface area (Å²) >= 11 is 0. The van der Waals surface area contributed by atoms with Crippen LogP contribution in [0.1, 0.15) is 32.6 Å². The highest BCUT2D eigenvalue weighted by molar-refractivity contribution is 5.41. The molecule has 5 aliphatic carbocycles. The average molecular weight is 468 g/mol. The Morgan fingerprint density at radius 1 is 1.03 bits per heavy atom. The van der Waals surface area contributed by atoms with Crippen LogP contribution >= 0.6 is 0 Å². The predicted molar refractivity (Wildman–Crippen MR) is 119 cm³/mol. The van der Waals surface area contributed by atoms with Crippen LogP contribution < -0.4 is 0 Å². The fourth-order valence-corrected chi connectivity index (χ4v) is 11.0. The number of hydrogen-bond donors (Lipinski definition) is 3. The molecule has 3 N–H and O–H groups in total. The van der Waals surface area contributed by atoms with Crippen molar-refractivity contribution in [1.29, 1.82) is 0 Å². The SMILES string of the molecule is CCN1C[C@]2(CO)CC[C@H](OC)[C@]34[C@@H]1[C@](O)([C@@H](OC)[C@@H]23)[C@@]1(O)C[C@H](OC)[C@H]2C[C@H]4[C@@H]1[C@H]2OC. The first-order valence-corrected chi connectivity index (χ1v) is 12.7. The van der Waals surface area contributed by atoms with Gasteiger partial charge in [0.05, 0.1) is 37.1 Å². The number of fused-ring (bicyclic) bond motifs is 2. The second-order valence-corrected chi connectivity index (χ2v) is 11.8. The lowest BCUT2D eigenvalue weighted by Gasteiger charge is -2.70. The number of piperidine rings is 1. The molecule has 6 aliphatic rings. The van der Waals surface area contributed by atoms with Gasteiger partial charge >= 0.3 is 0 Å². The van der Waals surface area contributed by atoms with Crippen LogP contribution in [0.4, 0.5) is 0 Å². The van der Waals surface area contributed by atoms with Crippen molar-refractivity contribution in [2.24, 2.45) is 34.5 Å². The monoisotopic (exact) mass is 467 g/mol. The van der Waals surface area contributed by atoms with Gasteiger partial charge in [-0.05, 0) is 31.7 Å². The first-order valence-electron chi connectivity index (χ1n) is 12.7. The summed E-state index contributed by atoms with van der Waals surface area (Å²) in [5, 5.41) is 36.6. The third kappa shape index (κ3) is 2.16. The number of likely N-dealkylation sites (tertiary alicyclic amines) is 1. The maximum Gasteiger partial charge on any atom is 0.136 e. The number of ether oxygens (including phenoxy) is 4. The van der Waals surface area contributed by atoms with Crippen molar-refractivity contribution in [3.05, 3.63) is 0 Å². The second-order valence-electron chi connectivity index (χ2n) is 11.8. The molecule has 6 fully saturated rings. The Morgan fingerprint density at radius 3 is 2.36 bits per heavy atom. The summed E-state index contributed by atoms with van der Waals surface area (Å²) in [6.07, 6.45) is 1.81. The van der Waals surface area contributed by atoms with E-state index in [0.29, 0.717) is 13.0 Å². The van der Waals surface area contributed by atoms with Gasteiger partial charge < -0.3 is 34.3 Å². The molecule has 0 amide bonds. The molecule has 6 rings (SSSR count). The van der Waals surface area contributed by atoms with Crippen molar-refractivity contribution in [3.8, 4) is 0 Å². The van der Waals surface area contributed by atoms with Crippen molar-refractivity contribution >= 4 is 0 Å². The van der Waals surface area contributed by atoms with Crippen molar-refractivity contribution in [1.82, 2.24) is 4.90 Å². The van der Waals surface area contributed by atoms with E-state index in [0.717, 1.165) is 25.8 Å². The zero-order chi connectivity index (χ0) is 23.6.